The molecule has 2 nitrogen and oxygen atoms in total. The zero-order valence-corrected chi connectivity index (χ0v) is 8.71. The van der Waals surface area contributed by atoms with E-state index in [0.717, 1.165) is 32.1 Å². The molecule has 1 fully saturated rings. The third-order valence-corrected chi connectivity index (χ3v) is 2.93. The third kappa shape index (κ3) is 2.80. The van der Waals surface area contributed by atoms with E-state index in [1.807, 2.05) is 0 Å². The Morgan fingerprint density at radius 1 is 1.54 bits per heavy atom. The van der Waals surface area contributed by atoms with Crippen molar-refractivity contribution < 1.29 is 9.53 Å². The SMILES string of the molecule is CCC[C@H](OC)[C@@H]1CCCCC1=O. The molecule has 0 aliphatic heterocycles. The molecule has 2 atom stereocenters. The summed E-state index contributed by atoms with van der Waals surface area (Å²) in [6.07, 6.45) is 6.39. The van der Waals surface area contributed by atoms with E-state index in [-0.39, 0.29) is 12.0 Å². The molecule has 1 rings (SSSR count). The van der Waals surface area contributed by atoms with Gasteiger partial charge in [0.15, 0.2) is 0 Å². The van der Waals surface area contributed by atoms with Crippen LogP contribution in [0.2, 0.25) is 0 Å². The molecule has 0 bridgehead atoms. The molecule has 0 N–H and O–H groups in total. The van der Waals surface area contributed by atoms with E-state index in [1.165, 1.54) is 6.42 Å². The van der Waals surface area contributed by atoms with Crippen LogP contribution in [-0.2, 0) is 9.53 Å². The largest absolute Gasteiger partial charge is 0.381 e. The lowest BCUT2D eigenvalue weighted by Gasteiger charge is -2.27. The first-order valence-electron chi connectivity index (χ1n) is 5.35. The third-order valence-electron chi connectivity index (χ3n) is 2.93. The molecule has 13 heavy (non-hydrogen) atoms. The molecule has 0 saturated heterocycles. The molecule has 1 saturated carbocycles. The van der Waals surface area contributed by atoms with Gasteiger partial charge in [0.2, 0.25) is 0 Å². The molecular formula is C11H20O2. The van der Waals surface area contributed by atoms with E-state index in [2.05, 4.69) is 6.92 Å². The summed E-state index contributed by atoms with van der Waals surface area (Å²) >= 11 is 0. The van der Waals surface area contributed by atoms with E-state index >= 15 is 0 Å². The van der Waals surface area contributed by atoms with E-state index in [0.29, 0.717) is 5.78 Å². The van der Waals surface area contributed by atoms with Crippen LogP contribution in [0.5, 0.6) is 0 Å². The standard InChI is InChI=1S/C11H20O2/c1-3-6-11(13-2)9-7-4-5-8-10(9)12/h9,11H,3-8H2,1-2H3/t9-,11+/m1/s1. The fourth-order valence-corrected chi connectivity index (χ4v) is 2.17. The van der Waals surface area contributed by atoms with Crippen LogP contribution in [0.3, 0.4) is 0 Å². The number of carbonyl (C=O) groups is 1. The molecule has 76 valence electrons. The molecule has 1 aliphatic carbocycles. The van der Waals surface area contributed by atoms with Crippen molar-refractivity contribution in [2.45, 2.75) is 51.6 Å². The summed E-state index contributed by atoms with van der Waals surface area (Å²) in [5.74, 6) is 0.616. The molecule has 1 aliphatic rings. The van der Waals surface area contributed by atoms with Crippen LogP contribution in [-0.4, -0.2) is 19.0 Å². The summed E-state index contributed by atoms with van der Waals surface area (Å²) in [6.45, 7) is 2.14. The molecular weight excluding hydrogens is 164 g/mol. The Labute approximate surface area is 80.7 Å². The predicted octanol–water partition coefficient (Wildman–Crippen LogP) is 2.56. The van der Waals surface area contributed by atoms with Gasteiger partial charge in [-0.1, -0.05) is 19.8 Å². The smallest absolute Gasteiger partial charge is 0.138 e. The fourth-order valence-electron chi connectivity index (χ4n) is 2.17. The van der Waals surface area contributed by atoms with Crippen molar-refractivity contribution in [1.29, 1.82) is 0 Å². The van der Waals surface area contributed by atoms with Crippen molar-refractivity contribution in [3.05, 3.63) is 0 Å². The quantitative estimate of drug-likeness (QED) is 0.671. The normalized spacial score (nSPS) is 26.0. The molecule has 0 amide bonds. The highest BCUT2D eigenvalue weighted by molar-refractivity contribution is 5.82. The molecule has 0 radical (unpaired) electrons. The van der Waals surface area contributed by atoms with Crippen molar-refractivity contribution in [2.24, 2.45) is 5.92 Å². The van der Waals surface area contributed by atoms with Gasteiger partial charge in [-0.15, -0.1) is 0 Å². The number of hydrogen-bond acceptors (Lipinski definition) is 2. The van der Waals surface area contributed by atoms with E-state index < -0.39 is 0 Å². The zero-order chi connectivity index (χ0) is 9.68. The fraction of sp³-hybridized carbons (Fsp3) is 0.909. The van der Waals surface area contributed by atoms with Gasteiger partial charge in [-0.3, -0.25) is 4.79 Å². The Bertz CT molecular complexity index is 165. The lowest BCUT2D eigenvalue weighted by molar-refractivity contribution is -0.129. The van der Waals surface area contributed by atoms with Crippen LogP contribution in [0.1, 0.15) is 45.4 Å². The molecule has 0 unspecified atom stereocenters. The minimum atomic E-state index is 0.179. The number of rotatable bonds is 4. The second-order valence-electron chi connectivity index (χ2n) is 3.88. The number of ketones is 1. The molecule has 2 heteroatoms. The highest BCUT2D eigenvalue weighted by Gasteiger charge is 2.29. The van der Waals surface area contributed by atoms with Crippen molar-refractivity contribution >= 4 is 5.78 Å². The second-order valence-corrected chi connectivity index (χ2v) is 3.88. The van der Waals surface area contributed by atoms with Crippen molar-refractivity contribution in [1.82, 2.24) is 0 Å². The van der Waals surface area contributed by atoms with Crippen LogP contribution >= 0.6 is 0 Å². The zero-order valence-electron chi connectivity index (χ0n) is 8.71. The first-order valence-corrected chi connectivity index (χ1v) is 5.35. The van der Waals surface area contributed by atoms with Gasteiger partial charge in [-0.2, -0.15) is 0 Å². The van der Waals surface area contributed by atoms with Gasteiger partial charge in [0.1, 0.15) is 5.78 Å². The monoisotopic (exact) mass is 184 g/mol. The van der Waals surface area contributed by atoms with Crippen LogP contribution in [0, 0.1) is 5.92 Å². The summed E-state index contributed by atoms with van der Waals surface area (Å²) in [6, 6.07) is 0. The summed E-state index contributed by atoms with van der Waals surface area (Å²) in [5, 5.41) is 0. The second kappa shape index (κ2) is 5.38. The highest BCUT2D eigenvalue weighted by atomic mass is 16.5. The van der Waals surface area contributed by atoms with Crippen LogP contribution in [0.15, 0.2) is 0 Å². The minimum absolute atomic E-state index is 0.179. The van der Waals surface area contributed by atoms with E-state index in [4.69, 9.17) is 4.74 Å². The van der Waals surface area contributed by atoms with Crippen LogP contribution in [0.25, 0.3) is 0 Å². The summed E-state index contributed by atoms with van der Waals surface area (Å²) in [5.41, 5.74) is 0. The average molecular weight is 184 g/mol. The Balaban J connectivity index is 2.49. The lowest BCUT2D eigenvalue weighted by atomic mass is 9.82. The molecule has 0 aromatic heterocycles. The molecule has 0 spiro atoms. The molecule has 0 aromatic carbocycles. The van der Waals surface area contributed by atoms with Crippen LogP contribution in [0.4, 0.5) is 0 Å². The Morgan fingerprint density at radius 3 is 2.85 bits per heavy atom. The maximum absolute atomic E-state index is 11.6. The van der Waals surface area contributed by atoms with Gasteiger partial charge in [0, 0.05) is 19.4 Å². The van der Waals surface area contributed by atoms with E-state index in [1.54, 1.807) is 7.11 Å². The maximum atomic E-state index is 11.6. The average Bonchev–Trinajstić information content (AvgIpc) is 2.16. The highest BCUT2D eigenvalue weighted by Crippen LogP contribution is 2.26. The van der Waals surface area contributed by atoms with Crippen molar-refractivity contribution in [2.75, 3.05) is 7.11 Å². The van der Waals surface area contributed by atoms with E-state index in [9.17, 15) is 4.79 Å². The number of carbonyl (C=O) groups excluding carboxylic acids is 1. The van der Waals surface area contributed by atoms with Crippen LogP contribution < -0.4 is 0 Å². The summed E-state index contributed by atoms with van der Waals surface area (Å²) in [7, 11) is 1.72. The number of methoxy groups -OCH3 is 1. The van der Waals surface area contributed by atoms with Gasteiger partial charge in [-0.25, -0.2) is 0 Å². The number of hydrogen-bond donors (Lipinski definition) is 0. The minimum Gasteiger partial charge on any atom is -0.381 e. The summed E-state index contributed by atoms with van der Waals surface area (Å²) < 4.78 is 5.38. The molecule has 0 heterocycles. The summed E-state index contributed by atoms with van der Waals surface area (Å²) in [4.78, 5) is 11.6. The van der Waals surface area contributed by atoms with Gasteiger partial charge in [-0.05, 0) is 19.3 Å². The lowest BCUT2D eigenvalue weighted by Crippen LogP contribution is -2.32. The van der Waals surface area contributed by atoms with Gasteiger partial charge < -0.3 is 4.74 Å². The Hall–Kier alpha value is -0.370. The topological polar surface area (TPSA) is 26.3 Å². The maximum Gasteiger partial charge on any atom is 0.138 e. The number of Topliss-reactive ketones (excluding diaryl/α,β-unsaturated/α-hetero) is 1. The van der Waals surface area contributed by atoms with Gasteiger partial charge >= 0.3 is 0 Å². The first-order chi connectivity index (χ1) is 6.29. The number of ether oxygens (including phenoxy) is 1. The van der Waals surface area contributed by atoms with Gasteiger partial charge in [0.25, 0.3) is 0 Å². The first kappa shape index (κ1) is 10.7. The Kier molecular flexibility index (Phi) is 4.43. The van der Waals surface area contributed by atoms with Crippen molar-refractivity contribution in [3.63, 3.8) is 0 Å². The van der Waals surface area contributed by atoms with Crippen molar-refractivity contribution in [3.8, 4) is 0 Å². The Morgan fingerprint density at radius 2 is 2.31 bits per heavy atom. The predicted molar refractivity (Wildman–Crippen MR) is 52.7 cm³/mol. The molecule has 0 aromatic rings. The van der Waals surface area contributed by atoms with Gasteiger partial charge in [0.05, 0.1) is 6.10 Å².